The standard InChI is InChI=1S/C11H12Cl2O3/c1-6(14)11(16-2)10(15)9-7(12)4-3-5-8(9)13/h3-5,10-11,15H,1-2H3/t10-,11+/m0/s1. The quantitative estimate of drug-likeness (QED) is 0.908. The molecule has 0 spiro atoms. The van der Waals surface area contributed by atoms with E-state index in [1.807, 2.05) is 0 Å². The van der Waals surface area contributed by atoms with Gasteiger partial charge >= 0.3 is 0 Å². The van der Waals surface area contributed by atoms with Gasteiger partial charge in [-0.05, 0) is 19.1 Å². The largest absolute Gasteiger partial charge is 0.385 e. The second-order valence-electron chi connectivity index (χ2n) is 3.35. The maximum atomic E-state index is 11.2. The van der Waals surface area contributed by atoms with Gasteiger partial charge in [-0.3, -0.25) is 4.79 Å². The number of aliphatic hydroxyl groups is 1. The first-order chi connectivity index (χ1) is 7.49. The lowest BCUT2D eigenvalue weighted by molar-refractivity contribution is -0.133. The van der Waals surface area contributed by atoms with E-state index in [9.17, 15) is 9.90 Å². The molecule has 0 amide bonds. The van der Waals surface area contributed by atoms with E-state index in [0.29, 0.717) is 15.6 Å². The fraction of sp³-hybridized carbons (Fsp3) is 0.364. The van der Waals surface area contributed by atoms with Crippen molar-refractivity contribution in [2.75, 3.05) is 7.11 Å². The summed E-state index contributed by atoms with van der Waals surface area (Å²) < 4.78 is 4.92. The van der Waals surface area contributed by atoms with Crippen LogP contribution in [0.3, 0.4) is 0 Å². The van der Waals surface area contributed by atoms with Gasteiger partial charge in [0.1, 0.15) is 12.2 Å². The molecule has 0 fully saturated rings. The Morgan fingerprint density at radius 3 is 2.25 bits per heavy atom. The summed E-state index contributed by atoms with van der Waals surface area (Å²) in [4.78, 5) is 11.2. The van der Waals surface area contributed by atoms with Gasteiger partial charge in [0.2, 0.25) is 0 Å². The Morgan fingerprint density at radius 1 is 1.38 bits per heavy atom. The molecule has 5 heteroatoms. The maximum absolute atomic E-state index is 11.2. The van der Waals surface area contributed by atoms with Crippen LogP contribution in [0.2, 0.25) is 10.0 Å². The van der Waals surface area contributed by atoms with E-state index >= 15 is 0 Å². The summed E-state index contributed by atoms with van der Waals surface area (Å²) in [5, 5.41) is 10.6. The predicted octanol–water partition coefficient (Wildman–Crippen LogP) is 2.63. The Labute approximate surface area is 104 Å². The smallest absolute Gasteiger partial charge is 0.161 e. The normalized spacial score (nSPS) is 14.6. The number of hydrogen-bond acceptors (Lipinski definition) is 3. The molecule has 1 aromatic carbocycles. The van der Waals surface area contributed by atoms with Crippen molar-refractivity contribution in [3.05, 3.63) is 33.8 Å². The van der Waals surface area contributed by atoms with Crippen LogP contribution in [0.15, 0.2) is 18.2 Å². The van der Waals surface area contributed by atoms with Gasteiger partial charge < -0.3 is 9.84 Å². The summed E-state index contributed by atoms with van der Waals surface area (Å²) in [6.45, 7) is 1.34. The molecule has 88 valence electrons. The third kappa shape index (κ3) is 2.74. The van der Waals surface area contributed by atoms with E-state index in [2.05, 4.69) is 0 Å². The Hall–Kier alpha value is -0.610. The second kappa shape index (κ2) is 5.64. The van der Waals surface area contributed by atoms with Gasteiger partial charge in [-0.2, -0.15) is 0 Å². The van der Waals surface area contributed by atoms with Crippen LogP contribution in [0.25, 0.3) is 0 Å². The monoisotopic (exact) mass is 262 g/mol. The molecule has 0 aliphatic heterocycles. The SMILES string of the molecule is CO[C@H](C(C)=O)[C@@H](O)c1c(Cl)cccc1Cl. The van der Waals surface area contributed by atoms with Gasteiger partial charge in [-0.25, -0.2) is 0 Å². The van der Waals surface area contributed by atoms with Gasteiger partial charge in [0.25, 0.3) is 0 Å². The van der Waals surface area contributed by atoms with Crippen molar-refractivity contribution >= 4 is 29.0 Å². The molecule has 0 saturated heterocycles. The molecule has 1 rings (SSSR count). The highest BCUT2D eigenvalue weighted by molar-refractivity contribution is 6.36. The lowest BCUT2D eigenvalue weighted by atomic mass is 10.0. The molecule has 0 aliphatic carbocycles. The molecule has 1 aromatic rings. The van der Waals surface area contributed by atoms with E-state index in [-0.39, 0.29) is 5.78 Å². The zero-order valence-corrected chi connectivity index (χ0v) is 10.4. The lowest BCUT2D eigenvalue weighted by Gasteiger charge is -2.21. The summed E-state index contributed by atoms with van der Waals surface area (Å²) in [6, 6.07) is 4.86. The molecule has 2 atom stereocenters. The second-order valence-corrected chi connectivity index (χ2v) is 4.16. The number of ether oxygens (including phenoxy) is 1. The molecular weight excluding hydrogens is 251 g/mol. The van der Waals surface area contributed by atoms with Crippen LogP contribution in [-0.4, -0.2) is 24.1 Å². The number of halogens is 2. The van der Waals surface area contributed by atoms with Gasteiger partial charge in [0, 0.05) is 22.7 Å². The molecule has 0 bridgehead atoms. The van der Waals surface area contributed by atoms with E-state index < -0.39 is 12.2 Å². The van der Waals surface area contributed by atoms with Crippen LogP contribution in [0, 0.1) is 0 Å². The molecule has 0 aromatic heterocycles. The van der Waals surface area contributed by atoms with Gasteiger partial charge in [-0.1, -0.05) is 29.3 Å². The number of rotatable bonds is 4. The first-order valence-corrected chi connectivity index (χ1v) is 5.39. The number of benzene rings is 1. The van der Waals surface area contributed by atoms with Crippen LogP contribution in [0.4, 0.5) is 0 Å². The maximum Gasteiger partial charge on any atom is 0.161 e. The Morgan fingerprint density at radius 2 is 1.88 bits per heavy atom. The molecule has 1 N–H and O–H groups in total. The van der Waals surface area contributed by atoms with Crippen molar-refractivity contribution in [1.29, 1.82) is 0 Å². The Balaban J connectivity index is 3.12. The number of carbonyl (C=O) groups excluding carboxylic acids is 1. The molecule has 16 heavy (non-hydrogen) atoms. The fourth-order valence-electron chi connectivity index (χ4n) is 1.46. The molecule has 0 aliphatic rings. The van der Waals surface area contributed by atoms with E-state index in [4.69, 9.17) is 27.9 Å². The highest BCUT2D eigenvalue weighted by Gasteiger charge is 2.28. The molecule has 0 unspecified atom stereocenters. The summed E-state index contributed by atoms with van der Waals surface area (Å²) >= 11 is 11.8. The van der Waals surface area contributed by atoms with Gasteiger partial charge in [0.15, 0.2) is 5.78 Å². The third-order valence-corrected chi connectivity index (χ3v) is 2.90. The summed E-state index contributed by atoms with van der Waals surface area (Å²) in [6.07, 6.45) is -2.12. The van der Waals surface area contributed by atoms with E-state index in [1.54, 1.807) is 18.2 Å². The molecular formula is C11H12Cl2O3. The van der Waals surface area contributed by atoms with Gasteiger partial charge in [0.05, 0.1) is 0 Å². The van der Waals surface area contributed by atoms with Crippen molar-refractivity contribution in [1.82, 2.24) is 0 Å². The van der Waals surface area contributed by atoms with Crippen molar-refractivity contribution in [2.24, 2.45) is 0 Å². The van der Waals surface area contributed by atoms with E-state index in [1.165, 1.54) is 14.0 Å². The lowest BCUT2D eigenvalue weighted by Crippen LogP contribution is -2.28. The summed E-state index contributed by atoms with van der Waals surface area (Å²) in [5.41, 5.74) is 0.313. The molecule has 3 nitrogen and oxygen atoms in total. The molecule has 0 radical (unpaired) electrons. The first kappa shape index (κ1) is 13.5. The average molecular weight is 263 g/mol. The molecule has 0 saturated carbocycles. The predicted molar refractivity (Wildman–Crippen MR) is 62.9 cm³/mol. The van der Waals surface area contributed by atoms with Crippen molar-refractivity contribution in [2.45, 2.75) is 19.1 Å². The number of methoxy groups -OCH3 is 1. The van der Waals surface area contributed by atoms with Crippen LogP contribution >= 0.6 is 23.2 Å². The minimum Gasteiger partial charge on any atom is -0.385 e. The minimum atomic E-state index is -1.16. The number of ketones is 1. The summed E-state index contributed by atoms with van der Waals surface area (Å²) in [5.74, 6) is -0.286. The van der Waals surface area contributed by atoms with Crippen molar-refractivity contribution in [3.63, 3.8) is 0 Å². The number of aliphatic hydroxyl groups excluding tert-OH is 1. The first-order valence-electron chi connectivity index (χ1n) is 4.64. The van der Waals surface area contributed by atoms with Crippen LogP contribution in [0.1, 0.15) is 18.6 Å². The molecule has 0 heterocycles. The zero-order chi connectivity index (χ0) is 12.3. The third-order valence-electron chi connectivity index (χ3n) is 2.24. The van der Waals surface area contributed by atoms with Crippen molar-refractivity contribution < 1.29 is 14.6 Å². The topological polar surface area (TPSA) is 46.5 Å². The number of hydrogen-bond donors (Lipinski definition) is 1. The van der Waals surface area contributed by atoms with Crippen LogP contribution < -0.4 is 0 Å². The Kier molecular flexibility index (Phi) is 4.74. The minimum absolute atomic E-state index is 0.286. The zero-order valence-electron chi connectivity index (χ0n) is 8.91. The fourth-order valence-corrected chi connectivity index (χ4v) is 2.08. The van der Waals surface area contributed by atoms with Crippen LogP contribution in [0.5, 0.6) is 0 Å². The number of Topliss-reactive ketones (excluding diaryl/α,β-unsaturated/α-hetero) is 1. The average Bonchev–Trinajstić information content (AvgIpc) is 2.17. The van der Waals surface area contributed by atoms with Crippen molar-refractivity contribution in [3.8, 4) is 0 Å². The highest BCUT2D eigenvalue weighted by atomic mass is 35.5. The van der Waals surface area contributed by atoms with E-state index in [0.717, 1.165) is 0 Å². The number of carbonyl (C=O) groups is 1. The highest BCUT2D eigenvalue weighted by Crippen LogP contribution is 2.32. The van der Waals surface area contributed by atoms with Gasteiger partial charge in [-0.15, -0.1) is 0 Å². The summed E-state index contributed by atoms with van der Waals surface area (Å²) in [7, 11) is 1.35. The Bertz CT molecular complexity index is 373. The van der Waals surface area contributed by atoms with Crippen LogP contribution in [-0.2, 0) is 9.53 Å².